The monoisotopic (exact) mass is 355 g/mol. The van der Waals surface area contributed by atoms with E-state index in [1.165, 1.54) is 5.56 Å². The fraction of sp³-hybridized carbons (Fsp3) is 0.409. The minimum absolute atomic E-state index is 0.296. The van der Waals surface area contributed by atoms with Crippen molar-refractivity contribution < 1.29 is 14.6 Å². The zero-order chi connectivity index (χ0) is 19.3. The molecule has 0 spiro atoms. The van der Waals surface area contributed by atoms with Crippen LogP contribution in [0.3, 0.4) is 0 Å². The molecule has 4 heteroatoms. The minimum Gasteiger partial charge on any atom is -0.493 e. The van der Waals surface area contributed by atoms with Gasteiger partial charge >= 0.3 is 5.97 Å². The summed E-state index contributed by atoms with van der Waals surface area (Å²) in [4.78, 5) is 13.2. The molecule has 0 aliphatic carbocycles. The average molecular weight is 355 g/mol. The molecule has 0 amide bonds. The first-order valence-electron chi connectivity index (χ1n) is 9.21. The van der Waals surface area contributed by atoms with Crippen molar-refractivity contribution in [3.8, 4) is 5.75 Å². The lowest BCUT2D eigenvalue weighted by Crippen LogP contribution is -2.17. The molecular weight excluding hydrogens is 326 g/mol. The van der Waals surface area contributed by atoms with Gasteiger partial charge in [-0.05, 0) is 66.8 Å². The van der Waals surface area contributed by atoms with E-state index in [0.29, 0.717) is 24.0 Å². The van der Waals surface area contributed by atoms with Gasteiger partial charge in [0.15, 0.2) is 0 Å². The van der Waals surface area contributed by atoms with Gasteiger partial charge in [0.25, 0.3) is 0 Å². The van der Waals surface area contributed by atoms with E-state index in [1.807, 2.05) is 18.2 Å². The molecule has 0 heterocycles. The summed E-state index contributed by atoms with van der Waals surface area (Å²) in [7, 11) is 0. The lowest BCUT2D eigenvalue weighted by Gasteiger charge is -2.25. The summed E-state index contributed by atoms with van der Waals surface area (Å²) in [5, 5.41) is 9.08. The van der Waals surface area contributed by atoms with Crippen LogP contribution in [0.15, 0.2) is 42.5 Å². The fourth-order valence-electron chi connectivity index (χ4n) is 2.84. The van der Waals surface area contributed by atoms with Crippen molar-refractivity contribution in [3.63, 3.8) is 0 Å². The van der Waals surface area contributed by atoms with Gasteiger partial charge in [0.2, 0.25) is 0 Å². The Morgan fingerprint density at radius 3 is 2.15 bits per heavy atom. The van der Waals surface area contributed by atoms with Gasteiger partial charge in [-0.25, -0.2) is 4.79 Å². The highest BCUT2D eigenvalue weighted by Gasteiger charge is 2.14. The van der Waals surface area contributed by atoms with Crippen LogP contribution in [0, 0.1) is 5.92 Å². The predicted octanol–water partition coefficient (Wildman–Crippen LogP) is 5.70. The smallest absolute Gasteiger partial charge is 0.335 e. The molecule has 0 saturated carbocycles. The molecule has 0 saturated heterocycles. The summed E-state index contributed by atoms with van der Waals surface area (Å²) in [6.07, 6.45) is 0. The van der Waals surface area contributed by atoms with Gasteiger partial charge in [0, 0.05) is 17.9 Å². The quantitative estimate of drug-likeness (QED) is 0.660. The fourth-order valence-corrected chi connectivity index (χ4v) is 2.84. The standard InChI is InChI=1S/C22H29NO3/c1-6-23(18-9-7-17(8-10-18)22(24)25)19-11-12-21(26-14-15(2)3)20(13-19)16(4)5/h7-13,15-16H,6,14H2,1-5H3,(H,24,25). The summed E-state index contributed by atoms with van der Waals surface area (Å²) in [6, 6.07) is 13.3. The number of hydrogen-bond donors (Lipinski definition) is 1. The maximum Gasteiger partial charge on any atom is 0.335 e. The van der Waals surface area contributed by atoms with E-state index in [9.17, 15) is 4.79 Å². The molecule has 0 fully saturated rings. The lowest BCUT2D eigenvalue weighted by atomic mass is 10.0. The molecule has 140 valence electrons. The number of aromatic carboxylic acids is 1. The van der Waals surface area contributed by atoms with Crippen LogP contribution in [-0.2, 0) is 0 Å². The van der Waals surface area contributed by atoms with Gasteiger partial charge in [-0.3, -0.25) is 0 Å². The Bertz CT molecular complexity index is 736. The Kier molecular flexibility index (Phi) is 6.67. The Balaban J connectivity index is 2.35. The summed E-state index contributed by atoms with van der Waals surface area (Å²) in [6.45, 7) is 12.2. The Hall–Kier alpha value is -2.49. The van der Waals surface area contributed by atoms with Gasteiger partial charge in [-0.15, -0.1) is 0 Å². The van der Waals surface area contributed by atoms with Crippen LogP contribution >= 0.6 is 0 Å². The molecule has 0 aliphatic rings. The Labute approximate surface area is 156 Å². The van der Waals surface area contributed by atoms with Crippen LogP contribution in [0.5, 0.6) is 5.75 Å². The minimum atomic E-state index is -0.909. The van der Waals surface area contributed by atoms with Crippen molar-refractivity contribution in [3.05, 3.63) is 53.6 Å². The van der Waals surface area contributed by atoms with Crippen molar-refractivity contribution in [1.29, 1.82) is 0 Å². The van der Waals surface area contributed by atoms with E-state index in [4.69, 9.17) is 9.84 Å². The number of hydrogen-bond acceptors (Lipinski definition) is 3. The first-order valence-corrected chi connectivity index (χ1v) is 9.21. The van der Waals surface area contributed by atoms with Crippen LogP contribution in [0.1, 0.15) is 56.5 Å². The Morgan fingerprint density at radius 1 is 1.04 bits per heavy atom. The van der Waals surface area contributed by atoms with Crippen LogP contribution in [0.2, 0.25) is 0 Å². The SMILES string of the molecule is CCN(c1ccc(C(=O)O)cc1)c1ccc(OCC(C)C)c(C(C)C)c1. The number of carboxylic acid groups (broad SMARTS) is 1. The molecule has 4 nitrogen and oxygen atoms in total. The van der Waals surface area contributed by atoms with Gasteiger partial charge in [-0.1, -0.05) is 27.7 Å². The molecule has 0 bridgehead atoms. The number of carbonyl (C=O) groups is 1. The number of benzene rings is 2. The van der Waals surface area contributed by atoms with E-state index < -0.39 is 5.97 Å². The number of ether oxygens (including phenoxy) is 1. The largest absolute Gasteiger partial charge is 0.493 e. The summed E-state index contributed by atoms with van der Waals surface area (Å²) in [5.41, 5.74) is 3.54. The third-order valence-corrected chi connectivity index (χ3v) is 4.24. The highest BCUT2D eigenvalue weighted by molar-refractivity contribution is 5.88. The number of rotatable bonds is 8. The molecule has 26 heavy (non-hydrogen) atoms. The summed E-state index contributed by atoms with van der Waals surface area (Å²) >= 11 is 0. The van der Waals surface area contributed by atoms with E-state index in [-0.39, 0.29) is 0 Å². The second-order valence-electron chi connectivity index (χ2n) is 7.18. The second kappa shape index (κ2) is 8.75. The number of anilines is 2. The third-order valence-electron chi connectivity index (χ3n) is 4.24. The van der Waals surface area contributed by atoms with Crippen molar-refractivity contribution >= 4 is 17.3 Å². The molecule has 2 aromatic carbocycles. The van der Waals surface area contributed by atoms with Crippen LogP contribution < -0.4 is 9.64 Å². The van der Waals surface area contributed by atoms with Crippen LogP contribution in [-0.4, -0.2) is 24.2 Å². The van der Waals surface area contributed by atoms with Crippen molar-refractivity contribution in [2.45, 2.75) is 40.5 Å². The molecule has 0 atom stereocenters. The predicted molar refractivity (Wildman–Crippen MR) is 107 cm³/mol. The molecule has 0 aliphatic heterocycles. The van der Waals surface area contributed by atoms with Crippen LogP contribution in [0.4, 0.5) is 11.4 Å². The van der Waals surface area contributed by atoms with Crippen molar-refractivity contribution in [1.82, 2.24) is 0 Å². The van der Waals surface area contributed by atoms with E-state index in [2.05, 4.69) is 51.7 Å². The highest BCUT2D eigenvalue weighted by Crippen LogP contribution is 2.34. The molecular formula is C22H29NO3. The molecule has 0 radical (unpaired) electrons. The van der Waals surface area contributed by atoms with Gasteiger partial charge in [0.1, 0.15) is 5.75 Å². The summed E-state index contributed by atoms with van der Waals surface area (Å²) < 4.78 is 5.99. The zero-order valence-corrected chi connectivity index (χ0v) is 16.3. The topological polar surface area (TPSA) is 49.8 Å². The summed E-state index contributed by atoms with van der Waals surface area (Å²) in [5.74, 6) is 0.864. The van der Waals surface area contributed by atoms with E-state index >= 15 is 0 Å². The number of carboxylic acids is 1. The van der Waals surface area contributed by atoms with Crippen LogP contribution in [0.25, 0.3) is 0 Å². The normalized spacial score (nSPS) is 11.0. The molecule has 2 aromatic rings. The Morgan fingerprint density at radius 2 is 1.65 bits per heavy atom. The molecule has 0 unspecified atom stereocenters. The van der Waals surface area contributed by atoms with Crippen molar-refractivity contribution in [2.24, 2.45) is 5.92 Å². The molecule has 0 aromatic heterocycles. The third kappa shape index (κ3) is 4.78. The average Bonchev–Trinajstić information content (AvgIpc) is 2.61. The van der Waals surface area contributed by atoms with Gasteiger partial charge in [0.05, 0.1) is 12.2 Å². The van der Waals surface area contributed by atoms with Gasteiger partial charge in [-0.2, -0.15) is 0 Å². The highest BCUT2D eigenvalue weighted by atomic mass is 16.5. The zero-order valence-electron chi connectivity index (χ0n) is 16.3. The van der Waals surface area contributed by atoms with E-state index in [0.717, 1.165) is 23.7 Å². The second-order valence-corrected chi connectivity index (χ2v) is 7.18. The maximum absolute atomic E-state index is 11.1. The molecule has 2 rings (SSSR count). The molecule has 1 N–H and O–H groups in total. The first-order chi connectivity index (χ1) is 12.3. The van der Waals surface area contributed by atoms with Crippen molar-refractivity contribution in [2.75, 3.05) is 18.1 Å². The number of nitrogens with zero attached hydrogens (tertiary/aromatic N) is 1. The lowest BCUT2D eigenvalue weighted by molar-refractivity contribution is 0.0697. The first kappa shape index (κ1) is 19.8. The van der Waals surface area contributed by atoms with Gasteiger partial charge < -0.3 is 14.7 Å². The van der Waals surface area contributed by atoms with E-state index in [1.54, 1.807) is 12.1 Å². The maximum atomic E-state index is 11.1.